The Morgan fingerprint density at radius 2 is 1.90 bits per heavy atom. The van der Waals surface area contributed by atoms with Crippen molar-refractivity contribution in [2.75, 3.05) is 25.0 Å². The molecule has 0 saturated heterocycles. The van der Waals surface area contributed by atoms with Crippen LogP contribution in [0.5, 0.6) is 0 Å². The zero-order chi connectivity index (χ0) is 15.2. The molecule has 0 fully saturated rings. The summed E-state index contributed by atoms with van der Waals surface area (Å²) in [5.74, 6) is 0. The lowest BCUT2D eigenvalue weighted by atomic mass is 10.2. The lowest BCUT2D eigenvalue weighted by Crippen LogP contribution is -2.26. The van der Waals surface area contributed by atoms with Crippen molar-refractivity contribution in [3.05, 3.63) is 24.3 Å². The fourth-order valence-electron chi connectivity index (χ4n) is 1.73. The van der Waals surface area contributed by atoms with Gasteiger partial charge in [-0.2, -0.15) is 0 Å². The Labute approximate surface area is 122 Å². The van der Waals surface area contributed by atoms with E-state index in [2.05, 4.69) is 9.62 Å². The normalized spacial score (nSPS) is 13.2. The minimum Gasteiger partial charge on any atom is -0.375 e. The standard InChI is InChI=1S/C14H25N3O2S/c1-4-10-16-20(18,19)14-7-5-13(6-8-14)17(3)11-9-12(2)15/h5-8,12,16H,4,9-11,15H2,1-3H3. The monoisotopic (exact) mass is 299 g/mol. The fourth-order valence-corrected chi connectivity index (χ4v) is 2.86. The highest BCUT2D eigenvalue weighted by Crippen LogP contribution is 2.17. The zero-order valence-electron chi connectivity index (χ0n) is 12.5. The molecule has 20 heavy (non-hydrogen) atoms. The van der Waals surface area contributed by atoms with Crippen LogP contribution in [0.3, 0.4) is 0 Å². The van der Waals surface area contributed by atoms with E-state index in [4.69, 9.17) is 5.73 Å². The maximum Gasteiger partial charge on any atom is 0.240 e. The summed E-state index contributed by atoms with van der Waals surface area (Å²) in [5.41, 5.74) is 6.72. The van der Waals surface area contributed by atoms with Gasteiger partial charge in [0.1, 0.15) is 0 Å². The molecule has 0 aliphatic heterocycles. The maximum atomic E-state index is 11.9. The van der Waals surface area contributed by atoms with Gasteiger partial charge < -0.3 is 10.6 Å². The van der Waals surface area contributed by atoms with Crippen LogP contribution in [-0.4, -0.2) is 34.6 Å². The average molecular weight is 299 g/mol. The van der Waals surface area contributed by atoms with Crippen molar-refractivity contribution >= 4 is 15.7 Å². The van der Waals surface area contributed by atoms with Crippen LogP contribution in [0.25, 0.3) is 0 Å². The Morgan fingerprint density at radius 1 is 1.30 bits per heavy atom. The minimum absolute atomic E-state index is 0.162. The smallest absolute Gasteiger partial charge is 0.240 e. The summed E-state index contributed by atoms with van der Waals surface area (Å²) < 4.78 is 26.4. The molecule has 3 N–H and O–H groups in total. The average Bonchev–Trinajstić information content (AvgIpc) is 2.42. The number of nitrogens with one attached hydrogen (secondary N) is 1. The third-order valence-electron chi connectivity index (χ3n) is 3.05. The third kappa shape index (κ3) is 5.11. The molecule has 0 spiro atoms. The number of nitrogens with zero attached hydrogens (tertiary/aromatic N) is 1. The number of nitrogens with two attached hydrogens (primary N) is 1. The lowest BCUT2D eigenvalue weighted by Gasteiger charge is -2.20. The van der Waals surface area contributed by atoms with Gasteiger partial charge in [0.15, 0.2) is 0 Å². The summed E-state index contributed by atoms with van der Waals surface area (Å²) >= 11 is 0. The molecule has 0 radical (unpaired) electrons. The van der Waals surface area contributed by atoms with E-state index in [1.165, 1.54) is 0 Å². The summed E-state index contributed by atoms with van der Waals surface area (Å²) in [6.07, 6.45) is 1.67. The molecule has 0 saturated carbocycles. The van der Waals surface area contributed by atoms with E-state index in [0.717, 1.165) is 25.1 Å². The van der Waals surface area contributed by atoms with Crippen molar-refractivity contribution in [2.24, 2.45) is 5.73 Å². The van der Waals surface area contributed by atoms with Gasteiger partial charge in [-0.15, -0.1) is 0 Å². The lowest BCUT2D eigenvalue weighted by molar-refractivity contribution is 0.581. The summed E-state index contributed by atoms with van der Waals surface area (Å²) in [5, 5.41) is 0. The van der Waals surface area contributed by atoms with E-state index < -0.39 is 10.0 Å². The molecule has 0 aliphatic rings. The van der Waals surface area contributed by atoms with Gasteiger partial charge in [-0.1, -0.05) is 6.92 Å². The Bertz CT molecular complexity index is 498. The topological polar surface area (TPSA) is 75.4 Å². The molecular formula is C14H25N3O2S. The van der Waals surface area contributed by atoms with Gasteiger partial charge in [-0.05, 0) is 44.0 Å². The van der Waals surface area contributed by atoms with Crippen molar-refractivity contribution in [3.8, 4) is 0 Å². The highest BCUT2D eigenvalue weighted by Gasteiger charge is 2.13. The number of sulfonamides is 1. The molecule has 0 heterocycles. The van der Waals surface area contributed by atoms with Crippen LogP contribution in [-0.2, 0) is 10.0 Å². The first-order valence-corrected chi connectivity index (χ1v) is 8.41. The van der Waals surface area contributed by atoms with Crippen LogP contribution in [0.1, 0.15) is 26.7 Å². The molecule has 114 valence electrons. The molecule has 1 rings (SSSR count). The van der Waals surface area contributed by atoms with Gasteiger partial charge in [-0.25, -0.2) is 13.1 Å². The summed E-state index contributed by atoms with van der Waals surface area (Å²) in [4.78, 5) is 2.37. The second-order valence-corrected chi connectivity index (χ2v) is 6.85. The highest BCUT2D eigenvalue weighted by molar-refractivity contribution is 7.89. The van der Waals surface area contributed by atoms with Gasteiger partial charge >= 0.3 is 0 Å². The molecule has 0 bridgehead atoms. The SMILES string of the molecule is CCCNS(=O)(=O)c1ccc(N(C)CCC(C)N)cc1. The van der Waals surface area contributed by atoms with Gasteiger partial charge in [-0.3, -0.25) is 0 Å². The predicted molar refractivity (Wildman–Crippen MR) is 83.5 cm³/mol. The maximum absolute atomic E-state index is 11.9. The first kappa shape index (κ1) is 16.9. The van der Waals surface area contributed by atoms with Crippen LogP contribution < -0.4 is 15.4 Å². The molecule has 1 atom stereocenters. The van der Waals surface area contributed by atoms with Crippen molar-refractivity contribution < 1.29 is 8.42 Å². The van der Waals surface area contributed by atoms with Crippen LogP contribution in [0, 0.1) is 0 Å². The number of rotatable bonds is 8. The zero-order valence-corrected chi connectivity index (χ0v) is 13.3. The Balaban J connectivity index is 2.73. The Kier molecular flexibility index (Phi) is 6.45. The van der Waals surface area contributed by atoms with Gasteiger partial charge in [0.2, 0.25) is 10.0 Å². The van der Waals surface area contributed by atoms with Crippen molar-refractivity contribution in [3.63, 3.8) is 0 Å². The molecule has 0 amide bonds. The Morgan fingerprint density at radius 3 is 2.40 bits per heavy atom. The van der Waals surface area contributed by atoms with E-state index in [9.17, 15) is 8.42 Å². The molecule has 6 heteroatoms. The number of benzene rings is 1. The second-order valence-electron chi connectivity index (χ2n) is 5.08. The van der Waals surface area contributed by atoms with E-state index in [1.807, 2.05) is 33.0 Å². The summed E-state index contributed by atoms with van der Waals surface area (Å²) in [6.45, 7) is 5.21. The quantitative estimate of drug-likeness (QED) is 0.763. The summed E-state index contributed by atoms with van der Waals surface area (Å²) in [7, 11) is -1.41. The molecule has 1 aromatic carbocycles. The van der Waals surface area contributed by atoms with E-state index in [1.54, 1.807) is 12.1 Å². The second kappa shape index (κ2) is 7.61. The van der Waals surface area contributed by atoms with Gasteiger partial charge in [0, 0.05) is 31.9 Å². The van der Waals surface area contributed by atoms with E-state index in [-0.39, 0.29) is 6.04 Å². The fraction of sp³-hybridized carbons (Fsp3) is 0.571. The third-order valence-corrected chi connectivity index (χ3v) is 4.53. The first-order chi connectivity index (χ1) is 9.36. The highest BCUT2D eigenvalue weighted by atomic mass is 32.2. The molecule has 0 aromatic heterocycles. The first-order valence-electron chi connectivity index (χ1n) is 6.93. The molecule has 1 unspecified atom stereocenters. The predicted octanol–water partition coefficient (Wildman–Crippen LogP) is 1.55. The van der Waals surface area contributed by atoms with Crippen molar-refractivity contribution in [1.82, 2.24) is 4.72 Å². The largest absolute Gasteiger partial charge is 0.375 e. The molecule has 0 aliphatic carbocycles. The van der Waals surface area contributed by atoms with E-state index in [0.29, 0.717) is 11.4 Å². The molecule has 5 nitrogen and oxygen atoms in total. The molecule has 1 aromatic rings. The molecular weight excluding hydrogens is 274 g/mol. The number of hydrogen-bond acceptors (Lipinski definition) is 4. The van der Waals surface area contributed by atoms with Crippen LogP contribution in [0.2, 0.25) is 0 Å². The van der Waals surface area contributed by atoms with Crippen LogP contribution >= 0.6 is 0 Å². The Hall–Kier alpha value is -1.11. The minimum atomic E-state index is -3.38. The van der Waals surface area contributed by atoms with Gasteiger partial charge in [0.25, 0.3) is 0 Å². The number of anilines is 1. The van der Waals surface area contributed by atoms with Gasteiger partial charge in [0.05, 0.1) is 4.90 Å². The van der Waals surface area contributed by atoms with Crippen LogP contribution in [0.4, 0.5) is 5.69 Å². The van der Waals surface area contributed by atoms with Crippen molar-refractivity contribution in [2.45, 2.75) is 37.6 Å². The number of hydrogen-bond donors (Lipinski definition) is 2. The van der Waals surface area contributed by atoms with Crippen molar-refractivity contribution in [1.29, 1.82) is 0 Å². The van der Waals surface area contributed by atoms with Crippen LogP contribution in [0.15, 0.2) is 29.2 Å². The summed E-state index contributed by atoms with van der Waals surface area (Å²) in [6, 6.07) is 7.07. The van der Waals surface area contributed by atoms with E-state index >= 15 is 0 Å².